The number of hydrogen-bond acceptors (Lipinski definition) is 6. The minimum absolute atomic E-state index is 0.225. The van der Waals surface area contributed by atoms with Crippen LogP contribution in [-0.2, 0) is 39.3 Å². The van der Waals surface area contributed by atoms with Crippen molar-refractivity contribution in [2.45, 2.75) is 45.5 Å². The number of aromatic nitrogens is 2. The fourth-order valence-corrected chi connectivity index (χ4v) is 3.62. The molecule has 2 aliphatic rings. The molecule has 2 aliphatic heterocycles. The maximum Gasteiger partial charge on any atom is 0.264 e. The van der Waals surface area contributed by atoms with Crippen molar-refractivity contribution in [3.05, 3.63) is 17.5 Å². The van der Waals surface area contributed by atoms with Gasteiger partial charge in [-0.15, -0.1) is 0 Å². The second-order valence-corrected chi connectivity index (χ2v) is 8.13. The van der Waals surface area contributed by atoms with E-state index in [-0.39, 0.29) is 12.5 Å². The summed E-state index contributed by atoms with van der Waals surface area (Å²) in [5.74, 6) is -0.225. The van der Waals surface area contributed by atoms with Gasteiger partial charge < -0.3 is 10.2 Å². The zero-order valence-electron chi connectivity index (χ0n) is 13.7. The lowest BCUT2D eigenvalue weighted by molar-refractivity contribution is -0.131. The lowest BCUT2D eigenvalue weighted by Crippen LogP contribution is -2.34. The van der Waals surface area contributed by atoms with Gasteiger partial charge in [0, 0.05) is 19.5 Å². The Balaban J connectivity index is 1.62. The summed E-state index contributed by atoms with van der Waals surface area (Å²) in [6.07, 6.45) is 1.84. The van der Waals surface area contributed by atoms with E-state index in [0.29, 0.717) is 38.2 Å². The molecule has 3 heterocycles. The Bertz CT molecular complexity index is 770. The Morgan fingerprint density at radius 2 is 2.25 bits per heavy atom. The van der Waals surface area contributed by atoms with Crippen molar-refractivity contribution in [1.82, 2.24) is 19.4 Å². The fraction of sp³-hybridized carbons (Fsp3) is 0.643. The maximum atomic E-state index is 12.0. The first-order valence-corrected chi connectivity index (χ1v) is 9.65. The molecule has 0 spiro atoms. The van der Waals surface area contributed by atoms with Crippen LogP contribution in [0.25, 0.3) is 0 Å². The van der Waals surface area contributed by atoms with Gasteiger partial charge in [0.25, 0.3) is 5.91 Å². The van der Waals surface area contributed by atoms with Gasteiger partial charge in [-0.25, -0.2) is 8.42 Å². The van der Waals surface area contributed by atoms with Gasteiger partial charge in [0.2, 0.25) is 16.1 Å². The number of carbonyl (C=O) groups is 1. The summed E-state index contributed by atoms with van der Waals surface area (Å²) in [6.45, 7) is 3.54. The van der Waals surface area contributed by atoms with E-state index in [4.69, 9.17) is 4.84 Å². The Hall–Kier alpha value is -1.94. The molecule has 1 aromatic heterocycles. The number of aryl methyl sites for hydroxylation is 1. The van der Waals surface area contributed by atoms with Crippen LogP contribution in [-0.4, -0.2) is 53.0 Å². The molecule has 0 saturated carbocycles. The number of hydrogen-bond donors (Lipinski definition) is 1. The fourth-order valence-electron chi connectivity index (χ4n) is 2.79. The van der Waals surface area contributed by atoms with Crippen LogP contribution in [0.4, 0.5) is 0 Å². The lowest BCUT2D eigenvalue weighted by atomic mass is 10.2. The van der Waals surface area contributed by atoms with Crippen molar-refractivity contribution in [2.75, 3.05) is 12.8 Å². The summed E-state index contributed by atoms with van der Waals surface area (Å²) >= 11 is 0. The first-order valence-electron chi connectivity index (χ1n) is 7.80. The number of carbonyl (C=O) groups excluding carboxylic acids is 1. The SMILES string of the molecule is CC1=NO[C@@H](C(=O)NCc2cc3n(n2)CCCN(S(C)(=O)=O)C3)C1. The largest absolute Gasteiger partial charge is 0.382 e. The lowest BCUT2D eigenvalue weighted by Gasteiger charge is -2.16. The van der Waals surface area contributed by atoms with Crippen molar-refractivity contribution < 1.29 is 18.0 Å². The zero-order chi connectivity index (χ0) is 17.3. The predicted octanol–water partition coefficient (Wildman–Crippen LogP) is -0.171. The van der Waals surface area contributed by atoms with Crippen LogP contribution in [0.15, 0.2) is 11.2 Å². The molecule has 132 valence electrons. The molecule has 0 aromatic carbocycles. The maximum absolute atomic E-state index is 12.0. The average molecular weight is 355 g/mol. The van der Waals surface area contributed by atoms with E-state index in [1.165, 1.54) is 10.6 Å². The van der Waals surface area contributed by atoms with E-state index in [1.807, 2.05) is 17.7 Å². The van der Waals surface area contributed by atoms with E-state index in [0.717, 1.165) is 11.4 Å². The molecule has 1 atom stereocenters. The molecular formula is C14H21N5O4S. The van der Waals surface area contributed by atoms with Gasteiger partial charge in [-0.05, 0) is 19.4 Å². The van der Waals surface area contributed by atoms with Gasteiger partial charge >= 0.3 is 0 Å². The zero-order valence-corrected chi connectivity index (χ0v) is 14.5. The van der Waals surface area contributed by atoms with Crippen LogP contribution in [0.5, 0.6) is 0 Å². The Labute approximate surface area is 140 Å². The molecule has 1 aromatic rings. The van der Waals surface area contributed by atoms with E-state index in [2.05, 4.69) is 15.6 Å². The number of rotatable bonds is 4. The highest BCUT2D eigenvalue weighted by molar-refractivity contribution is 7.88. The molecule has 0 radical (unpaired) electrons. The minimum atomic E-state index is -3.23. The van der Waals surface area contributed by atoms with Gasteiger partial charge in [0.05, 0.1) is 36.4 Å². The average Bonchev–Trinajstić information content (AvgIpc) is 3.04. The van der Waals surface area contributed by atoms with Crippen LogP contribution in [0.1, 0.15) is 31.2 Å². The van der Waals surface area contributed by atoms with Crippen LogP contribution in [0.3, 0.4) is 0 Å². The van der Waals surface area contributed by atoms with Crippen molar-refractivity contribution in [3.8, 4) is 0 Å². The molecule has 0 saturated heterocycles. The summed E-state index contributed by atoms with van der Waals surface area (Å²) in [5.41, 5.74) is 2.33. The Morgan fingerprint density at radius 1 is 1.46 bits per heavy atom. The number of nitrogens with one attached hydrogen (secondary N) is 1. The number of amides is 1. The van der Waals surface area contributed by atoms with Crippen molar-refractivity contribution in [2.24, 2.45) is 5.16 Å². The smallest absolute Gasteiger partial charge is 0.264 e. The number of nitrogens with zero attached hydrogens (tertiary/aromatic N) is 4. The van der Waals surface area contributed by atoms with Crippen LogP contribution in [0, 0.1) is 0 Å². The normalized spacial score (nSPS) is 21.6. The Kier molecular flexibility index (Phi) is 4.59. The molecule has 0 fully saturated rings. The summed E-state index contributed by atoms with van der Waals surface area (Å²) in [5, 5.41) is 11.0. The predicted molar refractivity (Wildman–Crippen MR) is 86.5 cm³/mol. The van der Waals surface area contributed by atoms with Gasteiger partial charge in [0.15, 0.2) is 0 Å². The third kappa shape index (κ3) is 3.75. The summed E-state index contributed by atoms with van der Waals surface area (Å²) < 4.78 is 26.8. The monoisotopic (exact) mass is 355 g/mol. The second kappa shape index (κ2) is 6.52. The number of oxime groups is 1. The van der Waals surface area contributed by atoms with E-state index >= 15 is 0 Å². The minimum Gasteiger partial charge on any atom is -0.382 e. The van der Waals surface area contributed by atoms with Gasteiger partial charge in [-0.1, -0.05) is 5.16 Å². The highest BCUT2D eigenvalue weighted by Crippen LogP contribution is 2.16. The quantitative estimate of drug-likeness (QED) is 0.807. The van der Waals surface area contributed by atoms with Crippen molar-refractivity contribution in [3.63, 3.8) is 0 Å². The van der Waals surface area contributed by atoms with Gasteiger partial charge in [-0.3, -0.25) is 9.48 Å². The molecular weight excluding hydrogens is 334 g/mol. The second-order valence-electron chi connectivity index (χ2n) is 6.14. The van der Waals surface area contributed by atoms with E-state index < -0.39 is 16.1 Å². The molecule has 3 rings (SSSR count). The highest BCUT2D eigenvalue weighted by Gasteiger charge is 2.26. The topological polar surface area (TPSA) is 106 Å². The number of fused-ring (bicyclic) bond motifs is 1. The standard InChI is InChI=1S/C14H21N5O4S/c1-10-6-13(23-17-10)14(20)15-8-11-7-12-9-18(24(2,21)22)4-3-5-19(12)16-11/h7,13H,3-6,8-9H2,1-2H3,(H,15,20)/t13-/m1/s1. The molecule has 0 aliphatic carbocycles. The number of sulfonamides is 1. The summed E-state index contributed by atoms with van der Waals surface area (Å²) in [7, 11) is -3.23. The third-order valence-electron chi connectivity index (χ3n) is 4.05. The van der Waals surface area contributed by atoms with Gasteiger partial charge in [0.1, 0.15) is 0 Å². The van der Waals surface area contributed by atoms with Gasteiger partial charge in [-0.2, -0.15) is 9.40 Å². The first kappa shape index (κ1) is 16.9. The molecule has 0 unspecified atom stereocenters. The molecule has 1 N–H and O–H groups in total. The van der Waals surface area contributed by atoms with Crippen molar-refractivity contribution in [1.29, 1.82) is 0 Å². The van der Waals surface area contributed by atoms with E-state index in [9.17, 15) is 13.2 Å². The highest BCUT2D eigenvalue weighted by atomic mass is 32.2. The van der Waals surface area contributed by atoms with Crippen molar-refractivity contribution >= 4 is 21.6 Å². The Morgan fingerprint density at radius 3 is 2.92 bits per heavy atom. The van der Waals surface area contributed by atoms with Crippen LogP contribution < -0.4 is 5.32 Å². The first-order chi connectivity index (χ1) is 11.3. The van der Waals surface area contributed by atoms with Crippen LogP contribution >= 0.6 is 0 Å². The molecule has 1 amide bonds. The molecule has 24 heavy (non-hydrogen) atoms. The molecule has 0 bridgehead atoms. The van der Waals surface area contributed by atoms with E-state index in [1.54, 1.807) is 0 Å². The van der Waals surface area contributed by atoms with Crippen LogP contribution in [0.2, 0.25) is 0 Å². The molecule has 10 heteroatoms. The molecule has 9 nitrogen and oxygen atoms in total. The summed E-state index contributed by atoms with van der Waals surface area (Å²) in [4.78, 5) is 17.1. The third-order valence-corrected chi connectivity index (χ3v) is 5.30. The summed E-state index contributed by atoms with van der Waals surface area (Å²) in [6, 6.07) is 1.83.